The number of rotatable bonds is 10. The Balaban J connectivity index is 1.96. The van der Waals surface area contributed by atoms with E-state index in [1.54, 1.807) is 6.20 Å². The van der Waals surface area contributed by atoms with Crippen molar-refractivity contribution in [2.24, 2.45) is 0 Å². The standard InChI is InChI=1S/C27H35ClN4O2S/c1-8-18(6)20-14-24(34-16(2)3)23(13-19(20)7)31-27-29-15-21(28)26(32-27)30-22-11-9-10-12-25(22)35(33)17(4)5/h9-18H,8H2,1-7H3,(H2,29,30,31,32). The molecule has 2 aromatic carbocycles. The van der Waals surface area contributed by atoms with Crippen LogP contribution in [0, 0.1) is 6.92 Å². The molecule has 35 heavy (non-hydrogen) atoms. The molecule has 0 aliphatic heterocycles. The minimum atomic E-state index is -1.16. The first-order valence-electron chi connectivity index (χ1n) is 12.0. The maximum Gasteiger partial charge on any atom is 0.229 e. The van der Waals surface area contributed by atoms with Crippen LogP contribution in [0.3, 0.4) is 0 Å². The number of hydrogen-bond donors (Lipinski definition) is 2. The molecule has 0 radical (unpaired) electrons. The fraction of sp³-hybridized carbons (Fsp3) is 0.407. The molecule has 0 saturated carbocycles. The Kier molecular flexibility index (Phi) is 9.14. The van der Waals surface area contributed by atoms with Gasteiger partial charge in [-0.05, 0) is 68.5 Å². The first-order valence-corrected chi connectivity index (χ1v) is 13.6. The van der Waals surface area contributed by atoms with E-state index in [2.05, 4.69) is 53.5 Å². The number of halogens is 1. The van der Waals surface area contributed by atoms with Gasteiger partial charge < -0.3 is 15.4 Å². The predicted octanol–water partition coefficient (Wildman–Crippen LogP) is 7.74. The quantitative estimate of drug-likeness (QED) is 0.288. The fourth-order valence-electron chi connectivity index (χ4n) is 3.67. The molecule has 2 unspecified atom stereocenters. The number of nitrogens with one attached hydrogen (secondary N) is 2. The zero-order chi connectivity index (χ0) is 25.7. The Hall–Kier alpha value is -2.64. The molecule has 0 bridgehead atoms. The van der Waals surface area contributed by atoms with Gasteiger partial charge in [-0.25, -0.2) is 4.98 Å². The summed E-state index contributed by atoms with van der Waals surface area (Å²) < 4.78 is 18.9. The minimum Gasteiger partial charge on any atom is -0.489 e. The van der Waals surface area contributed by atoms with E-state index >= 15 is 0 Å². The lowest BCUT2D eigenvalue weighted by Gasteiger charge is -2.20. The van der Waals surface area contributed by atoms with E-state index < -0.39 is 10.8 Å². The largest absolute Gasteiger partial charge is 0.489 e. The topological polar surface area (TPSA) is 76.1 Å². The predicted molar refractivity (Wildman–Crippen MR) is 147 cm³/mol. The van der Waals surface area contributed by atoms with Crippen LogP contribution in [-0.4, -0.2) is 25.5 Å². The molecule has 3 aromatic rings. The first-order chi connectivity index (χ1) is 16.6. The Labute approximate surface area is 216 Å². The number of anilines is 4. The van der Waals surface area contributed by atoms with Gasteiger partial charge in [-0.2, -0.15) is 4.98 Å². The van der Waals surface area contributed by atoms with Gasteiger partial charge in [-0.3, -0.25) is 4.21 Å². The third kappa shape index (κ3) is 6.73. The molecular formula is C27H35ClN4O2S. The van der Waals surface area contributed by atoms with E-state index in [1.807, 2.05) is 52.0 Å². The lowest BCUT2D eigenvalue weighted by Crippen LogP contribution is -2.10. The molecule has 1 heterocycles. The van der Waals surface area contributed by atoms with Crippen LogP contribution in [0.1, 0.15) is 65.0 Å². The first kappa shape index (κ1) is 27.0. The molecule has 0 saturated heterocycles. The third-order valence-corrected chi connectivity index (χ3v) is 7.57. The normalized spacial score (nSPS) is 13.1. The molecule has 6 nitrogen and oxygen atoms in total. The van der Waals surface area contributed by atoms with E-state index in [4.69, 9.17) is 16.3 Å². The van der Waals surface area contributed by atoms with Gasteiger partial charge in [-0.15, -0.1) is 0 Å². The molecule has 1 aromatic heterocycles. The highest BCUT2D eigenvalue weighted by atomic mass is 35.5. The van der Waals surface area contributed by atoms with Gasteiger partial charge >= 0.3 is 0 Å². The van der Waals surface area contributed by atoms with Gasteiger partial charge in [0.1, 0.15) is 10.8 Å². The van der Waals surface area contributed by atoms with Crippen molar-refractivity contribution in [1.82, 2.24) is 9.97 Å². The Morgan fingerprint density at radius 2 is 1.77 bits per heavy atom. The van der Waals surface area contributed by atoms with Gasteiger partial charge in [-0.1, -0.05) is 51.4 Å². The molecule has 0 aliphatic carbocycles. The van der Waals surface area contributed by atoms with Gasteiger partial charge in [0.15, 0.2) is 5.82 Å². The van der Waals surface area contributed by atoms with E-state index in [0.717, 1.165) is 17.9 Å². The fourth-order valence-corrected chi connectivity index (χ4v) is 4.86. The van der Waals surface area contributed by atoms with Gasteiger partial charge in [0.2, 0.25) is 5.95 Å². The zero-order valence-corrected chi connectivity index (χ0v) is 23.1. The smallest absolute Gasteiger partial charge is 0.229 e. The maximum absolute atomic E-state index is 12.8. The van der Waals surface area contributed by atoms with E-state index in [0.29, 0.717) is 33.3 Å². The highest BCUT2D eigenvalue weighted by Gasteiger charge is 2.17. The van der Waals surface area contributed by atoms with Gasteiger partial charge in [0.25, 0.3) is 0 Å². The Bertz CT molecular complexity index is 1200. The summed E-state index contributed by atoms with van der Waals surface area (Å²) in [6, 6.07) is 11.7. The maximum atomic E-state index is 12.8. The molecular weight excluding hydrogens is 480 g/mol. The molecule has 0 amide bonds. The summed E-state index contributed by atoms with van der Waals surface area (Å²) in [5, 5.41) is 6.90. The van der Waals surface area contributed by atoms with Crippen LogP contribution in [0.25, 0.3) is 0 Å². The van der Waals surface area contributed by atoms with Crippen molar-refractivity contribution in [3.05, 3.63) is 58.7 Å². The van der Waals surface area contributed by atoms with Crippen LogP contribution in [0.5, 0.6) is 5.75 Å². The van der Waals surface area contributed by atoms with Crippen molar-refractivity contribution in [2.75, 3.05) is 10.6 Å². The number of aryl methyl sites for hydroxylation is 1. The van der Waals surface area contributed by atoms with Gasteiger partial charge in [0, 0.05) is 5.25 Å². The summed E-state index contributed by atoms with van der Waals surface area (Å²) in [6.45, 7) is 14.4. The highest BCUT2D eigenvalue weighted by molar-refractivity contribution is 7.85. The SMILES string of the molecule is CCC(C)c1cc(OC(C)C)c(Nc2ncc(Cl)c(Nc3ccccc3S(=O)C(C)C)n2)cc1C. The van der Waals surface area contributed by atoms with Crippen molar-refractivity contribution in [1.29, 1.82) is 0 Å². The average molecular weight is 515 g/mol. The zero-order valence-electron chi connectivity index (χ0n) is 21.5. The number of aromatic nitrogens is 2. The van der Waals surface area contributed by atoms with Crippen LogP contribution in [0.4, 0.5) is 23.1 Å². The Morgan fingerprint density at radius 1 is 1.06 bits per heavy atom. The number of para-hydroxylation sites is 1. The van der Waals surface area contributed by atoms with Crippen molar-refractivity contribution in [2.45, 2.75) is 77.1 Å². The number of ether oxygens (including phenoxy) is 1. The molecule has 0 aliphatic rings. The third-order valence-electron chi connectivity index (χ3n) is 5.65. The van der Waals surface area contributed by atoms with Crippen molar-refractivity contribution < 1.29 is 8.95 Å². The second-order valence-corrected chi connectivity index (χ2v) is 11.5. The monoisotopic (exact) mass is 514 g/mol. The summed E-state index contributed by atoms with van der Waals surface area (Å²) in [6.07, 6.45) is 2.61. The second kappa shape index (κ2) is 11.9. The van der Waals surface area contributed by atoms with Crippen LogP contribution in [-0.2, 0) is 10.8 Å². The molecule has 8 heteroatoms. The van der Waals surface area contributed by atoms with Crippen LogP contribution < -0.4 is 15.4 Å². The van der Waals surface area contributed by atoms with E-state index in [-0.39, 0.29) is 11.4 Å². The number of nitrogens with zero attached hydrogens (tertiary/aromatic N) is 2. The van der Waals surface area contributed by atoms with E-state index in [9.17, 15) is 4.21 Å². The average Bonchev–Trinajstić information content (AvgIpc) is 2.81. The lowest BCUT2D eigenvalue weighted by atomic mass is 9.93. The van der Waals surface area contributed by atoms with Crippen LogP contribution in [0.2, 0.25) is 5.02 Å². The molecule has 3 rings (SSSR count). The summed E-state index contributed by atoms with van der Waals surface area (Å²) in [4.78, 5) is 9.69. The van der Waals surface area contributed by atoms with Crippen LogP contribution >= 0.6 is 11.6 Å². The number of benzene rings is 2. The summed E-state index contributed by atoms with van der Waals surface area (Å²) >= 11 is 6.42. The second-order valence-electron chi connectivity index (χ2n) is 9.16. The lowest BCUT2D eigenvalue weighted by molar-refractivity contribution is 0.243. The molecule has 2 atom stereocenters. The highest BCUT2D eigenvalue weighted by Crippen LogP contribution is 2.36. The van der Waals surface area contributed by atoms with Crippen molar-refractivity contribution >= 4 is 45.5 Å². The van der Waals surface area contributed by atoms with Crippen molar-refractivity contribution in [3.63, 3.8) is 0 Å². The molecule has 2 N–H and O–H groups in total. The molecule has 0 fully saturated rings. The molecule has 0 spiro atoms. The van der Waals surface area contributed by atoms with Crippen molar-refractivity contribution in [3.8, 4) is 5.75 Å². The number of hydrogen-bond acceptors (Lipinski definition) is 6. The summed E-state index contributed by atoms with van der Waals surface area (Å²) in [7, 11) is -1.16. The van der Waals surface area contributed by atoms with Gasteiger partial charge in [0.05, 0.1) is 39.4 Å². The molecule has 188 valence electrons. The minimum absolute atomic E-state index is 0.0166. The van der Waals surface area contributed by atoms with E-state index in [1.165, 1.54) is 11.1 Å². The summed E-state index contributed by atoms with van der Waals surface area (Å²) in [5.74, 6) is 1.99. The Morgan fingerprint density at radius 3 is 2.43 bits per heavy atom. The van der Waals surface area contributed by atoms with Crippen LogP contribution in [0.15, 0.2) is 47.5 Å². The summed E-state index contributed by atoms with van der Waals surface area (Å²) in [5.41, 5.74) is 3.93.